The highest BCUT2D eigenvalue weighted by atomic mass is 35.5. The first kappa shape index (κ1) is 20.8. The lowest BCUT2D eigenvalue weighted by Gasteiger charge is -2.25. The van der Waals surface area contributed by atoms with Gasteiger partial charge in [0, 0.05) is 28.9 Å². The molecule has 0 aliphatic carbocycles. The number of hydrogen-bond donors (Lipinski definition) is 2. The second-order valence-corrected chi connectivity index (χ2v) is 8.51. The second-order valence-electron chi connectivity index (χ2n) is 8.10. The predicted molar refractivity (Wildman–Crippen MR) is 125 cm³/mol. The molecule has 2 aromatic carbocycles. The van der Waals surface area contributed by atoms with Crippen LogP contribution in [-0.4, -0.2) is 28.1 Å². The average molecular weight is 452 g/mol. The van der Waals surface area contributed by atoms with Gasteiger partial charge >= 0.3 is 0 Å². The quantitative estimate of drug-likeness (QED) is 0.352. The number of rotatable bonds is 5. The fraction of sp³-hybridized carbons (Fsp3) is 0.240. The van der Waals surface area contributed by atoms with E-state index in [9.17, 15) is 9.50 Å². The molecule has 0 atom stereocenters. The lowest BCUT2D eigenvalue weighted by atomic mass is 10.1. The van der Waals surface area contributed by atoms with E-state index in [-0.39, 0.29) is 5.02 Å². The van der Waals surface area contributed by atoms with Crippen LogP contribution >= 0.6 is 11.6 Å². The maximum atomic E-state index is 13.5. The Morgan fingerprint density at radius 1 is 1.03 bits per heavy atom. The number of fused-ring (bicyclic) bond motifs is 1. The molecule has 1 aliphatic rings. The summed E-state index contributed by atoms with van der Waals surface area (Å²) in [6.45, 7) is 3.09. The van der Waals surface area contributed by atoms with Crippen molar-refractivity contribution in [3.63, 3.8) is 0 Å². The monoisotopic (exact) mass is 451 g/mol. The molecular formula is C25H23ClFN3O2. The first-order chi connectivity index (χ1) is 15.6. The summed E-state index contributed by atoms with van der Waals surface area (Å²) >= 11 is 6.13. The molecule has 0 saturated carbocycles. The number of pyridine rings is 1. The van der Waals surface area contributed by atoms with Gasteiger partial charge in [-0.1, -0.05) is 24.1 Å². The fourth-order valence-corrected chi connectivity index (χ4v) is 4.34. The van der Waals surface area contributed by atoms with Crippen molar-refractivity contribution >= 4 is 33.9 Å². The number of phenols is 1. The maximum absolute atomic E-state index is 13.5. The Morgan fingerprint density at radius 2 is 1.88 bits per heavy atom. The Kier molecular flexibility index (Phi) is 5.72. The normalized spacial score (nSPS) is 14.7. The van der Waals surface area contributed by atoms with Gasteiger partial charge in [-0.3, -0.25) is 9.88 Å². The van der Waals surface area contributed by atoms with Crippen molar-refractivity contribution in [3.05, 3.63) is 71.3 Å². The van der Waals surface area contributed by atoms with E-state index in [1.807, 2.05) is 36.4 Å². The van der Waals surface area contributed by atoms with Crippen LogP contribution < -0.4 is 5.32 Å². The molecule has 0 amide bonds. The molecule has 1 saturated heterocycles. The molecule has 3 heterocycles. The Hall–Kier alpha value is -3.09. The number of furan rings is 1. The van der Waals surface area contributed by atoms with Crippen molar-refractivity contribution in [3.8, 4) is 17.1 Å². The predicted octanol–water partition coefficient (Wildman–Crippen LogP) is 6.72. The largest absolute Gasteiger partial charge is 0.505 e. The van der Waals surface area contributed by atoms with E-state index in [1.54, 1.807) is 6.20 Å². The van der Waals surface area contributed by atoms with Crippen molar-refractivity contribution < 1.29 is 13.9 Å². The van der Waals surface area contributed by atoms with E-state index in [0.29, 0.717) is 5.69 Å². The Labute approximate surface area is 190 Å². The number of benzene rings is 2. The summed E-state index contributed by atoms with van der Waals surface area (Å²) in [5.41, 5.74) is 2.89. The number of piperidine rings is 1. The summed E-state index contributed by atoms with van der Waals surface area (Å²) in [4.78, 5) is 6.93. The van der Waals surface area contributed by atoms with E-state index in [0.717, 1.165) is 59.4 Å². The molecule has 1 fully saturated rings. The van der Waals surface area contributed by atoms with Crippen LogP contribution in [0.2, 0.25) is 5.02 Å². The molecule has 5 rings (SSSR count). The Balaban J connectivity index is 1.40. The van der Waals surface area contributed by atoms with Crippen LogP contribution in [0.4, 0.5) is 15.8 Å². The molecule has 0 unspecified atom stereocenters. The molecular weight excluding hydrogens is 429 g/mol. The number of aromatic nitrogens is 1. The number of phenolic OH excluding ortho intramolecular Hbond substituents is 1. The highest BCUT2D eigenvalue weighted by Gasteiger charge is 2.14. The molecule has 1 aliphatic heterocycles. The second kappa shape index (κ2) is 8.81. The van der Waals surface area contributed by atoms with Crippen molar-refractivity contribution in [1.82, 2.24) is 9.88 Å². The van der Waals surface area contributed by atoms with Crippen molar-refractivity contribution in [1.29, 1.82) is 0 Å². The zero-order valence-corrected chi connectivity index (χ0v) is 18.2. The number of nitrogens with one attached hydrogen (secondary N) is 1. The van der Waals surface area contributed by atoms with E-state index in [2.05, 4.69) is 15.2 Å². The summed E-state index contributed by atoms with van der Waals surface area (Å²) in [7, 11) is 0. The Bertz CT molecular complexity index is 1270. The zero-order valence-electron chi connectivity index (χ0n) is 17.4. The van der Waals surface area contributed by atoms with E-state index >= 15 is 0 Å². The molecule has 4 aromatic rings. The van der Waals surface area contributed by atoms with Crippen molar-refractivity contribution in [2.24, 2.45) is 0 Å². The maximum Gasteiger partial charge on any atom is 0.166 e. The molecule has 32 heavy (non-hydrogen) atoms. The minimum absolute atomic E-state index is 0.179. The van der Waals surface area contributed by atoms with Gasteiger partial charge in [0.05, 0.1) is 22.8 Å². The summed E-state index contributed by atoms with van der Waals surface area (Å²) in [6, 6.07) is 14.1. The summed E-state index contributed by atoms with van der Waals surface area (Å²) in [5.74, 6) is 0.556. The Morgan fingerprint density at radius 3 is 2.72 bits per heavy atom. The minimum atomic E-state index is -0.761. The van der Waals surface area contributed by atoms with E-state index in [1.165, 1.54) is 25.3 Å². The van der Waals surface area contributed by atoms with Gasteiger partial charge in [-0.05, 0) is 62.3 Å². The third kappa shape index (κ3) is 4.29. The van der Waals surface area contributed by atoms with E-state index in [4.69, 9.17) is 16.0 Å². The van der Waals surface area contributed by atoms with Gasteiger partial charge in [0.1, 0.15) is 11.5 Å². The fourth-order valence-electron chi connectivity index (χ4n) is 4.14. The molecule has 0 bridgehead atoms. The van der Waals surface area contributed by atoms with Crippen LogP contribution in [0.5, 0.6) is 5.75 Å². The number of anilines is 2. The van der Waals surface area contributed by atoms with Gasteiger partial charge in [-0.15, -0.1) is 0 Å². The van der Waals surface area contributed by atoms with Crippen molar-refractivity contribution in [2.45, 2.75) is 25.8 Å². The number of halogens is 2. The molecule has 5 nitrogen and oxygen atoms in total. The number of likely N-dealkylation sites (tertiary alicyclic amines) is 1. The lowest BCUT2D eigenvalue weighted by molar-refractivity contribution is 0.206. The summed E-state index contributed by atoms with van der Waals surface area (Å²) < 4.78 is 19.6. The average Bonchev–Trinajstić information content (AvgIpc) is 3.26. The molecule has 0 radical (unpaired) electrons. The highest BCUT2D eigenvalue weighted by Crippen LogP contribution is 2.34. The highest BCUT2D eigenvalue weighted by molar-refractivity contribution is 6.33. The van der Waals surface area contributed by atoms with Gasteiger partial charge in [-0.25, -0.2) is 4.39 Å². The third-order valence-corrected chi connectivity index (χ3v) is 6.14. The number of hydrogen-bond acceptors (Lipinski definition) is 5. The van der Waals surface area contributed by atoms with Crippen LogP contribution in [0, 0.1) is 5.82 Å². The molecule has 2 aromatic heterocycles. The van der Waals surface area contributed by atoms with Gasteiger partial charge < -0.3 is 14.8 Å². The smallest absolute Gasteiger partial charge is 0.166 e. The van der Waals surface area contributed by atoms with Crippen LogP contribution in [-0.2, 0) is 6.54 Å². The van der Waals surface area contributed by atoms with Gasteiger partial charge in [0.15, 0.2) is 11.6 Å². The van der Waals surface area contributed by atoms with Crippen LogP contribution in [0.25, 0.3) is 22.2 Å². The van der Waals surface area contributed by atoms with Gasteiger partial charge in [0.25, 0.3) is 0 Å². The van der Waals surface area contributed by atoms with Gasteiger partial charge in [0.2, 0.25) is 0 Å². The lowest BCUT2D eigenvalue weighted by Crippen LogP contribution is -2.28. The first-order valence-corrected chi connectivity index (χ1v) is 11.1. The molecule has 2 N–H and O–H groups in total. The van der Waals surface area contributed by atoms with Crippen LogP contribution in [0.1, 0.15) is 25.0 Å². The number of nitrogens with zero attached hydrogens (tertiary/aromatic N) is 2. The topological polar surface area (TPSA) is 61.5 Å². The standard InChI is InChI=1S/C25H23ClFN3O2/c26-19-13-20(27)24(31)14-23(19)29-21-8-9-28-22-12-16(4-6-18(21)22)25-7-5-17(32-25)15-30-10-2-1-3-11-30/h4-9,12-14,31H,1-3,10-11,15H2,(H,28,29). The third-order valence-electron chi connectivity index (χ3n) is 5.82. The first-order valence-electron chi connectivity index (χ1n) is 10.7. The van der Waals surface area contributed by atoms with Gasteiger partial charge in [-0.2, -0.15) is 0 Å². The van der Waals surface area contributed by atoms with E-state index < -0.39 is 11.6 Å². The molecule has 164 valence electrons. The molecule has 0 spiro atoms. The zero-order chi connectivity index (χ0) is 22.1. The van der Waals surface area contributed by atoms with Crippen molar-refractivity contribution in [2.75, 3.05) is 18.4 Å². The summed E-state index contributed by atoms with van der Waals surface area (Å²) in [5, 5.41) is 13.9. The SMILES string of the molecule is Oc1cc(Nc2ccnc3cc(-c4ccc(CN5CCCCC5)o4)ccc23)c(Cl)cc1F. The molecule has 7 heteroatoms. The van der Waals surface area contributed by atoms with Crippen LogP contribution in [0.15, 0.2) is 59.1 Å². The number of aromatic hydroxyl groups is 1. The summed E-state index contributed by atoms with van der Waals surface area (Å²) in [6.07, 6.45) is 5.51. The minimum Gasteiger partial charge on any atom is -0.505 e. The van der Waals surface area contributed by atoms with Crippen LogP contribution in [0.3, 0.4) is 0 Å².